The van der Waals surface area contributed by atoms with Gasteiger partial charge in [-0.2, -0.15) is 0 Å². The van der Waals surface area contributed by atoms with E-state index in [1.165, 1.54) is 83.5 Å². The van der Waals surface area contributed by atoms with Gasteiger partial charge in [0.15, 0.2) is 0 Å². The van der Waals surface area contributed by atoms with Crippen LogP contribution in [0.15, 0.2) is 0 Å². The molecule has 0 aliphatic carbocycles. The highest BCUT2D eigenvalue weighted by atomic mass is 16.6. The second-order valence-corrected chi connectivity index (χ2v) is 8.51. The fourth-order valence-electron chi connectivity index (χ4n) is 3.87. The van der Waals surface area contributed by atoms with Crippen LogP contribution in [-0.4, -0.2) is 37.9 Å². The third-order valence-electron chi connectivity index (χ3n) is 5.78. The van der Waals surface area contributed by atoms with Crippen molar-refractivity contribution >= 4 is 5.97 Å². The molecule has 0 bridgehead atoms. The Labute approximate surface area is 174 Å². The Morgan fingerprint density at radius 1 is 0.893 bits per heavy atom. The molecule has 0 amide bonds. The first kappa shape index (κ1) is 25.4. The number of hydrogen-bond donors (Lipinski definition) is 1. The van der Waals surface area contributed by atoms with Crippen LogP contribution >= 0.6 is 0 Å². The normalized spacial score (nSPS) is 18.1. The SMILES string of the molecule is CCCCCCCCCCCCCCCCCC(=O)OC(C)C1CNCCO1. The number of ether oxygens (including phenoxy) is 2. The largest absolute Gasteiger partial charge is 0.460 e. The first-order valence-corrected chi connectivity index (χ1v) is 12.3. The summed E-state index contributed by atoms with van der Waals surface area (Å²) >= 11 is 0. The summed E-state index contributed by atoms with van der Waals surface area (Å²) in [5, 5.41) is 3.27. The van der Waals surface area contributed by atoms with E-state index in [-0.39, 0.29) is 18.2 Å². The number of rotatable bonds is 18. The molecule has 4 heteroatoms. The van der Waals surface area contributed by atoms with Gasteiger partial charge in [0.25, 0.3) is 0 Å². The molecule has 1 saturated heterocycles. The Kier molecular flexibility index (Phi) is 16.7. The molecule has 0 aromatic rings. The van der Waals surface area contributed by atoms with Crippen LogP contribution in [0.1, 0.15) is 117 Å². The van der Waals surface area contributed by atoms with Crippen molar-refractivity contribution in [2.75, 3.05) is 19.7 Å². The predicted molar refractivity (Wildman–Crippen MR) is 118 cm³/mol. The molecule has 1 rings (SSSR count). The van der Waals surface area contributed by atoms with Gasteiger partial charge in [-0.15, -0.1) is 0 Å². The topological polar surface area (TPSA) is 47.6 Å². The molecule has 2 unspecified atom stereocenters. The van der Waals surface area contributed by atoms with Crippen LogP contribution in [0.5, 0.6) is 0 Å². The second kappa shape index (κ2) is 18.4. The summed E-state index contributed by atoms with van der Waals surface area (Å²) in [7, 11) is 0. The summed E-state index contributed by atoms with van der Waals surface area (Å²) in [5.41, 5.74) is 0. The molecule has 1 fully saturated rings. The average molecular weight is 398 g/mol. The molecule has 0 spiro atoms. The van der Waals surface area contributed by atoms with Gasteiger partial charge in [0, 0.05) is 19.5 Å². The van der Waals surface area contributed by atoms with Crippen molar-refractivity contribution < 1.29 is 14.3 Å². The van der Waals surface area contributed by atoms with Crippen LogP contribution in [0, 0.1) is 0 Å². The van der Waals surface area contributed by atoms with Crippen LogP contribution in [-0.2, 0) is 14.3 Å². The monoisotopic (exact) mass is 397 g/mol. The van der Waals surface area contributed by atoms with E-state index in [0.717, 1.165) is 25.9 Å². The summed E-state index contributed by atoms with van der Waals surface area (Å²) in [6.07, 6.45) is 20.5. The second-order valence-electron chi connectivity index (χ2n) is 8.51. The zero-order valence-corrected chi connectivity index (χ0v) is 18.8. The number of nitrogens with one attached hydrogen (secondary N) is 1. The van der Waals surface area contributed by atoms with E-state index in [4.69, 9.17) is 9.47 Å². The molecule has 1 aliphatic heterocycles. The van der Waals surface area contributed by atoms with Gasteiger partial charge in [0.1, 0.15) is 12.2 Å². The zero-order chi connectivity index (χ0) is 20.3. The molecule has 0 aromatic heterocycles. The van der Waals surface area contributed by atoms with Crippen molar-refractivity contribution in [1.82, 2.24) is 5.32 Å². The lowest BCUT2D eigenvalue weighted by atomic mass is 10.0. The van der Waals surface area contributed by atoms with E-state index in [1.807, 2.05) is 6.92 Å². The van der Waals surface area contributed by atoms with Crippen LogP contribution in [0.3, 0.4) is 0 Å². The van der Waals surface area contributed by atoms with Crippen molar-refractivity contribution in [2.45, 2.75) is 129 Å². The van der Waals surface area contributed by atoms with Crippen molar-refractivity contribution in [2.24, 2.45) is 0 Å². The third-order valence-corrected chi connectivity index (χ3v) is 5.78. The lowest BCUT2D eigenvalue weighted by Gasteiger charge is -2.28. The number of esters is 1. The number of carbonyl (C=O) groups is 1. The number of hydrogen-bond acceptors (Lipinski definition) is 4. The maximum Gasteiger partial charge on any atom is 0.306 e. The number of unbranched alkanes of at least 4 members (excludes halogenated alkanes) is 14. The molecule has 2 atom stereocenters. The van der Waals surface area contributed by atoms with Crippen LogP contribution < -0.4 is 5.32 Å². The smallest absolute Gasteiger partial charge is 0.306 e. The van der Waals surface area contributed by atoms with Crippen molar-refractivity contribution in [3.05, 3.63) is 0 Å². The Morgan fingerprint density at radius 3 is 1.86 bits per heavy atom. The quantitative estimate of drug-likeness (QED) is 0.222. The molecule has 0 saturated carbocycles. The Morgan fingerprint density at radius 2 is 1.39 bits per heavy atom. The number of carbonyl (C=O) groups excluding carboxylic acids is 1. The van der Waals surface area contributed by atoms with Gasteiger partial charge < -0.3 is 14.8 Å². The highest BCUT2D eigenvalue weighted by Gasteiger charge is 2.23. The Hall–Kier alpha value is -0.610. The summed E-state index contributed by atoms with van der Waals surface area (Å²) in [6, 6.07) is 0. The highest BCUT2D eigenvalue weighted by Crippen LogP contribution is 2.14. The highest BCUT2D eigenvalue weighted by molar-refractivity contribution is 5.69. The number of morpholine rings is 1. The van der Waals surface area contributed by atoms with Gasteiger partial charge in [-0.05, 0) is 13.3 Å². The summed E-state index contributed by atoms with van der Waals surface area (Å²) in [6.45, 7) is 6.57. The maximum absolute atomic E-state index is 11.9. The molecule has 0 aromatic carbocycles. The maximum atomic E-state index is 11.9. The van der Waals surface area contributed by atoms with E-state index in [1.54, 1.807) is 0 Å². The Balaban J connectivity index is 1.79. The van der Waals surface area contributed by atoms with E-state index in [9.17, 15) is 4.79 Å². The molecule has 1 aliphatic rings. The van der Waals surface area contributed by atoms with Crippen LogP contribution in [0.4, 0.5) is 0 Å². The van der Waals surface area contributed by atoms with Crippen molar-refractivity contribution in [3.8, 4) is 0 Å². The van der Waals surface area contributed by atoms with Crippen molar-refractivity contribution in [3.63, 3.8) is 0 Å². The van der Waals surface area contributed by atoms with Gasteiger partial charge in [-0.3, -0.25) is 4.79 Å². The van der Waals surface area contributed by atoms with Gasteiger partial charge in [0.2, 0.25) is 0 Å². The van der Waals surface area contributed by atoms with E-state index < -0.39 is 0 Å². The summed E-state index contributed by atoms with van der Waals surface area (Å²) in [4.78, 5) is 11.9. The third kappa shape index (κ3) is 14.4. The minimum absolute atomic E-state index is 0.00115. The standard InChI is InChI=1S/C24H47NO3/c1-3-4-5-6-7-8-9-10-11-12-13-14-15-16-17-18-24(26)28-22(2)23-21-25-19-20-27-23/h22-23,25H,3-21H2,1-2H3. The average Bonchev–Trinajstić information content (AvgIpc) is 2.71. The lowest BCUT2D eigenvalue weighted by molar-refractivity contribution is -0.157. The van der Waals surface area contributed by atoms with Gasteiger partial charge in [-0.25, -0.2) is 0 Å². The fourth-order valence-corrected chi connectivity index (χ4v) is 3.87. The molecular formula is C24H47NO3. The van der Waals surface area contributed by atoms with E-state index in [2.05, 4.69) is 12.2 Å². The molecule has 0 radical (unpaired) electrons. The molecule has 4 nitrogen and oxygen atoms in total. The molecule has 166 valence electrons. The Bertz CT molecular complexity index is 356. The molecule has 1 N–H and O–H groups in total. The lowest BCUT2D eigenvalue weighted by Crippen LogP contribution is -2.45. The van der Waals surface area contributed by atoms with Gasteiger partial charge in [0.05, 0.1) is 6.61 Å². The molecule has 28 heavy (non-hydrogen) atoms. The van der Waals surface area contributed by atoms with Gasteiger partial charge >= 0.3 is 5.97 Å². The minimum Gasteiger partial charge on any atom is -0.460 e. The summed E-state index contributed by atoms with van der Waals surface area (Å²) < 4.78 is 11.1. The fraction of sp³-hybridized carbons (Fsp3) is 0.958. The zero-order valence-electron chi connectivity index (χ0n) is 18.8. The van der Waals surface area contributed by atoms with Crippen LogP contribution in [0.25, 0.3) is 0 Å². The van der Waals surface area contributed by atoms with Crippen molar-refractivity contribution in [1.29, 1.82) is 0 Å². The summed E-state index contributed by atoms with van der Waals surface area (Å²) in [5.74, 6) is -0.0728. The minimum atomic E-state index is -0.156. The van der Waals surface area contributed by atoms with Gasteiger partial charge in [-0.1, -0.05) is 96.8 Å². The molecular weight excluding hydrogens is 350 g/mol. The first-order chi connectivity index (χ1) is 13.7. The van der Waals surface area contributed by atoms with Crippen LogP contribution in [0.2, 0.25) is 0 Å². The predicted octanol–water partition coefficient (Wildman–Crippen LogP) is 6.17. The van der Waals surface area contributed by atoms with E-state index in [0.29, 0.717) is 13.0 Å². The molecule has 1 heterocycles. The van der Waals surface area contributed by atoms with E-state index >= 15 is 0 Å². The first-order valence-electron chi connectivity index (χ1n) is 12.3.